The molecule has 5 rings (SSSR count). The standard InChI is InChI=1S/C31H30N4O3/c1-22(23-9-4-3-5-10-23)32-29(36)18-19-35(21-26-11-8-20-38-26)31-27-12-6-7-13-28(27)33-30(34-31)24-14-16-25(37-2)17-15-24/h3-17,20,22H,18-19,21H2,1-2H3,(H,32,36)/t22-/m0/s1. The summed E-state index contributed by atoms with van der Waals surface area (Å²) in [7, 11) is 1.64. The monoisotopic (exact) mass is 506 g/mol. The van der Waals surface area contributed by atoms with Crippen LogP contribution in [0.2, 0.25) is 0 Å². The third-order valence-corrected chi connectivity index (χ3v) is 6.44. The lowest BCUT2D eigenvalue weighted by Gasteiger charge is -2.25. The molecule has 38 heavy (non-hydrogen) atoms. The van der Waals surface area contributed by atoms with E-state index in [0.717, 1.165) is 39.4 Å². The molecule has 2 heterocycles. The molecular formula is C31H30N4O3. The van der Waals surface area contributed by atoms with E-state index in [1.165, 1.54) is 0 Å². The van der Waals surface area contributed by atoms with Crippen molar-refractivity contribution in [2.24, 2.45) is 0 Å². The maximum Gasteiger partial charge on any atom is 0.222 e. The highest BCUT2D eigenvalue weighted by Gasteiger charge is 2.19. The highest BCUT2D eigenvalue weighted by Crippen LogP contribution is 2.29. The SMILES string of the molecule is COc1ccc(-c2nc(N(CCC(=O)N[C@@H](C)c3ccccc3)Cc3ccco3)c3ccccc3n2)cc1. The number of rotatable bonds is 10. The number of para-hydroxylation sites is 1. The molecule has 0 fully saturated rings. The van der Waals surface area contributed by atoms with Gasteiger partial charge in [-0.15, -0.1) is 0 Å². The summed E-state index contributed by atoms with van der Waals surface area (Å²) in [6, 6.07) is 29.3. The minimum atomic E-state index is -0.0798. The highest BCUT2D eigenvalue weighted by atomic mass is 16.5. The van der Waals surface area contributed by atoms with E-state index in [-0.39, 0.29) is 11.9 Å². The zero-order chi connectivity index (χ0) is 26.3. The van der Waals surface area contributed by atoms with Crippen molar-refractivity contribution in [3.63, 3.8) is 0 Å². The molecule has 0 unspecified atom stereocenters. The molecule has 1 amide bonds. The lowest BCUT2D eigenvalue weighted by Crippen LogP contribution is -2.32. The highest BCUT2D eigenvalue weighted by molar-refractivity contribution is 5.91. The summed E-state index contributed by atoms with van der Waals surface area (Å²) >= 11 is 0. The van der Waals surface area contributed by atoms with Gasteiger partial charge in [-0.1, -0.05) is 42.5 Å². The molecule has 1 N–H and O–H groups in total. The number of hydrogen-bond acceptors (Lipinski definition) is 6. The van der Waals surface area contributed by atoms with Crippen LogP contribution < -0.4 is 15.0 Å². The van der Waals surface area contributed by atoms with Crippen LogP contribution in [0.15, 0.2) is 102 Å². The van der Waals surface area contributed by atoms with Crippen molar-refractivity contribution >= 4 is 22.6 Å². The smallest absolute Gasteiger partial charge is 0.222 e. The van der Waals surface area contributed by atoms with Crippen molar-refractivity contribution in [2.45, 2.75) is 25.9 Å². The fourth-order valence-electron chi connectivity index (χ4n) is 4.40. The number of ether oxygens (including phenoxy) is 1. The van der Waals surface area contributed by atoms with Crippen molar-refractivity contribution < 1.29 is 13.9 Å². The third kappa shape index (κ3) is 5.83. The van der Waals surface area contributed by atoms with Crippen molar-refractivity contribution in [1.29, 1.82) is 0 Å². The van der Waals surface area contributed by atoms with E-state index < -0.39 is 0 Å². The average Bonchev–Trinajstić information content (AvgIpc) is 3.48. The first-order valence-electron chi connectivity index (χ1n) is 12.6. The summed E-state index contributed by atoms with van der Waals surface area (Å²) in [5, 5.41) is 4.02. The summed E-state index contributed by atoms with van der Waals surface area (Å²) in [6.45, 7) is 2.92. The Bertz CT molecular complexity index is 1490. The number of anilines is 1. The van der Waals surface area contributed by atoms with Crippen LogP contribution in [0.4, 0.5) is 5.82 Å². The van der Waals surface area contributed by atoms with Crippen LogP contribution >= 0.6 is 0 Å². The maximum absolute atomic E-state index is 13.0. The first-order chi connectivity index (χ1) is 18.6. The summed E-state index contributed by atoms with van der Waals surface area (Å²) < 4.78 is 11.0. The second-order valence-electron chi connectivity index (χ2n) is 9.07. The summed E-state index contributed by atoms with van der Waals surface area (Å²) in [5.74, 6) is 2.89. The molecule has 7 nitrogen and oxygen atoms in total. The Morgan fingerprint density at radius 1 is 0.947 bits per heavy atom. The molecule has 1 atom stereocenters. The van der Waals surface area contributed by atoms with Gasteiger partial charge in [0.2, 0.25) is 5.91 Å². The molecule has 0 bridgehead atoms. The topological polar surface area (TPSA) is 80.5 Å². The Hall–Kier alpha value is -4.65. The molecule has 5 aromatic rings. The van der Waals surface area contributed by atoms with Crippen LogP contribution in [0.25, 0.3) is 22.3 Å². The predicted octanol–water partition coefficient (Wildman–Crippen LogP) is 6.17. The van der Waals surface area contributed by atoms with Crippen LogP contribution in [0.5, 0.6) is 5.75 Å². The zero-order valence-corrected chi connectivity index (χ0v) is 21.5. The van der Waals surface area contributed by atoms with E-state index in [1.54, 1.807) is 13.4 Å². The second-order valence-corrected chi connectivity index (χ2v) is 9.07. The normalized spacial score (nSPS) is 11.7. The largest absolute Gasteiger partial charge is 0.497 e. The van der Waals surface area contributed by atoms with E-state index in [4.69, 9.17) is 19.1 Å². The Labute approximate surface area is 222 Å². The second kappa shape index (κ2) is 11.6. The van der Waals surface area contributed by atoms with Gasteiger partial charge in [0.25, 0.3) is 0 Å². The molecule has 0 aliphatic rings. The van der Waals surface area contributed by atoms with Crippen LogP contribution in [-0.2, 0) is 11.3 Å². The van der Waals surface area contributed by atoms with Gasteiger partial charge in [0.1, 0.15) is 17.3 Å². The number of aromatic nitrogens is 2. The summed E-state index contributed by atoms with van der Waals surface area (Å²) in [5.41, 5.74) is 2.78. The lowest BCUT2D eigenvalue weighted by atomic mass is 10.1. The number of carbonyl (C=O) groups is 1. The molecule has 192 valence electrons. The van der Waals surface area contributed by atoms with Gasteiger partial charge < -0.3 is 19.4 Å². The molecule has 0 spiro atoms. The van der Waals surface area contributed by atoms with Crippen LogP contribution in [-0.4, -0.2) is 29.5 Å². The van der Waals surface area contributed by atoms with Crippen molar-refractivity contribution in [3.8, 4) is 17.1 Å². The molecule has 7 heteroatoms. The van der Waals surface area contributed by atoms with Crippen molar-refractivity contribution in [2.75, 3.05) is 18.6 Å². The van der Waals surface area contributed by atoms with Gasteiger partial charge in [-0.05, 0) is 61.0 Å². The summed E-state index contributed by atoms with van der Waals surface area (Å²) in [6.07, 6.45) is 1.96. The molecule has 0 aliphatic carbocycles. The Morgan fingerprint density at radius 2 is 1.71 bits per heavy atom. The summed E-state index contributed by atoms with van der Waals surface area (Å²) in [4.78, 5) is 24.9. The number of benzene rings is 3. The van der Waals surface area contributed by atoms with Gasteiger partial charge >= 0.3 is 0 Å². The Morgan fingerprint density at radius 3 is 2.45 bits per heavy atom. The predicted molar refractivity (Wildman–Crippen MR) is 149 cm³/mol. The van der Waals surface area contributed by atoms with E-state index in [2.05, 4.69) is 10.2 Å². The van der Waals surface area contributed by atoms with Gasteiger partial charge in [-0.3, -0.25) is 4.79 Å². The molecule has 0 saturated heterocycles. The maximum atomic E-state index is 13.0. The zero-order valence-electron chi connectivity index (χ0n) is 21.5. The molecule has 0 radical (unpaired) electrons. The number of nitrogens with one attached hydrogen (secondary N) is 1. The minimum Gasteiger partial charge on any atom is -0.497 e. The molecule has 3 aromatic carbocycles. The van der Waals surface area contributed by atoms with Gasteiger partial charge in [0, 0.05) is 23.9 Å². The molecular weight excluding hydrogens is 476 g/mol. The van der Waals surface area contributed by atoms with Gasteiger partial charge in [-0.25, -0.2) is 9.97 Å². The van der Waals surface area contributed by atoms with Gasteiger partial charge in [-0.2, -0.15) is 0 Å². The van der Waals surface area contributed by atoms with E-state index >= 15 is 0 Å². The lowest BCUT2D eigenvalue weighted by molar-refractivity contribution is -0.121. The number of methoxy groups -OCH3 is 1. The number of fused-ring (bicyclic) bond motifs is 1. The molecule has 2 aromatic heterocycles. The molecule has 0 saturated carbocycles. The third-order valence-electron chi connectivity index (χ3n) is 6.44. The van der Waals surface area contributed by atoms with E-state index in [9.17, 15) is 4.79 Å². The first kappa shape index (κ1) is 25.0. The van der Waals surface area contributed by atoms with Crippen LogP contribution in [0, 0.1) is 0 Å². The van der Waals surface area contributed by atoms with Gasteiger partial charge in [0.05, 0.1) is 31.5 Å². The van der Waals surface area contributed by atoms with Gasteiger partial charge in [0.15, 0.2) is 5.82 Å². The minimum absolute atomic E-state index is 0.0282. The fourth-order valence-corrected chi connectivity index (χ4v) is 4.40. The quantitative estimate of drug-likeness (QED) is 0.244. The number of furan rings is 1. The average molecular weight is 507 g/mol. The van der Waals surface area contributed by atoms with Crippen molar-refractivity contribution in [1.82, 2.24) is 15.3 Å². The number of carbonyl (C=O) groups excluding carboxylic acids is 1. The van der Waals surface area contributed by atoms with E-state index in [1.807, 2.05) is 97.9 Å². The number of hydrogen-bond donors (Lipinski definition) is 1. The van der Waals surface area contributed by atoms with Crippen molar-refractivity contribution in [3.05, 3.63) is 109 Å². The molecule has 0 aliphatic heterocycles. The number of amides is 1. The van der Waals surface area contributed by atoms with Crippen LogP contribution in [0.3, 0.4) is 0 Å². The first-order valence-corrected chi connectivity index (χ1v) is 12.6. The van der Waals surface area contributed by atoms with Crippen LogP contribution in [0.1, 0.15) is 30.7 Å². The Kier molecular flexibility index (Phi) is 7.64. The fraction of sp³-hybridized carbons (Fsp3) is 0.194. The number of nitrogens with zero attached hydrogens (tertiary/aromatic N) is 3. The Balaban J connectivity index is 1.45. The van der Waals surface area contributed by atoms with E-state index in [0.29, 0.717) is 25.3 Å².